The van der Waals surface area contributed by atoms with Gasteiger partial charge in [-0.25, -0.2) is 13.2 Å². The lowest BCUT2D eigenvalue weighted by atomic mass is 10.2. The molecule has 1 aromatic rings. The van der Waals surface area contributed by atoms with Crippen LogP contribution in [0.5, 0.6) is 5.75 Å². The second-order valence-electron chi connectivity index (χ2n) is 5.00. The van der Waals surface area contributed by atoms with Crippen molar-refractivity contribution in [1.82, 2.24) is 9.80 Å². The Hall–Kier alpha value is -1.68. The van der Waals surface area contributed by atoms with E-state index in [1.807, 2.05) is 25.1 Å². The molecule has 9 heteroatoms. The molecule has 0 bridgehead atoms. The van der Waals surface area contributed by atoms with Crippen LogP contribution in [0.15, 0.2) is 24.3 Å². The molecule has 126 valence electrons. The molecular formula is C13H22N2O6S. The Morgan fingerprint density at radius 1 is 1.32 bits per heavy atom. The maximum absolute atomic E-state index is 11.2. The lowest BCUT2D eigenvalue weighted by Gasteiger charge is -2.23. The summed E-state index contributed by atoms with van der Waals surface area (Å²) in [7, 11) is 2.58. The summed E-state index contributed by atoms with van der Waals surface area (Å²) in [6, 6.07) is 7.53. The molecule has 0 atom stereocenters. The largest absolute Gasteiger partial charge is 0.726 e. The number of quaternary nitrogens is 1. The van der Waals surface area contributed by atoms with Gasteiger partial charge in [0.2, 0.25) is 10.4 Å². The molecule has 1 aromatic carbocycles. The first kappa shape index (κ1) is 20.3. The molecule has 22 heavy (non-hydrogen) atoms. The van der Waals surface area contributed by atoms with Crippen LogP contribution in [0, 0.1) is 0 Å². The maximum atomic E-state index is 11.2. The summed E-state index contributed by atoms with van der Waals surface area (Å²) in [5.74, 6) is 0.566. The molecule has 1 N–H and O–H groups in total. The normalized spacial score (nSPS) is 11.2. The fraction of sp³-hybridized carbons (Fsp3) is 0.462. The Balaban J connectivity index is 0.000000626. The standard InChI is InChI=1S/C12H18N2O2.CH4O4S/c1-5-13-12(15)16-11-8-6-7-10(9-11)14(2,3)4;1-5-6(2,3)4/h6-9H,5H2,1-4H3;1H3,(H,2,3,4). The van der Waals surface area contributed by atoms with Gasteiger partial charge in [0.05, 0.1) is 28.3 Å². The number of rotatable bonds is 4. The molecule has 0 heterocycles. The topological polar surface area (TPSA) is 105 Å². The zero-order valence-corrected chi connectivity index (χ0v) is 14.1. The number of amides is 1. The third-order valence-electron chi connectivity index (χ3n) is 2.33. The Labute approximate surface area is 131 Å². The number of benzene rings is 1. The van der Waals surface area contributed by atoms with Crippen molar-refractivity contribution in [3.8, 4) is 5.75 Å². The second kappa shape index (κ2) is 8.69. The van der Waals surface area contributed by atoms with Gasteiger partial charge in [0.1, 0.15) is 11.4 Å². The van der Waals surface area contributed by atoms with E-state index >= 15 is 0 Å². The van der Waals surface area contributed by atoms with Crippen LogP contribution in [0.3, 0.4) is 0 Å². The smallest absolute Gasteiger partial charge is 0.412 e. The van der Waals surface area contributed by atoms with E-state index in [0.717, 1.165) is 12.8 Å². The summed E-state index contributed by atoms with van der Waals surface area (Å²) < 4.78 is 36.8. The van der Waals surface area contributed by atoms with E-state index < -0.39 is 16.5 Å². The number of hydrogen-bond acceptors (Lipinski definition) is 6. The van der Waals surface area contributed by atoms with Crippen molar-refractivity contribution in [3.63, 3.8) is 0 Å². The fourth-order valence-corrected chi connectivity index (χ4v) is 1.25. The quantitative estimate of drug-likeness (QED) is 0.502. The van der Waals surface area contributed by atoms with Crippen LogP contribution in [0.4, 0.5) is 10.5 Å². The van der Waals surface area contributed by atoms with Crippen molar-refractivity contribution >= 4 is 22.2 Å². The first-order valence-corrected chi connectivity index (χ1v) is 7.72. The lowest BCUT2D eigenvalue weighted by Crippen LogP contribution is -2.34. The summed E-state index contributed by atoms with van der Waals surface area (Å²) in [5, 5.41) is 2.59. The Morgan fingerprint density at radius 3 is 2.27 bits per heavy atom. The third kappa shape index (κ3) is 9.29. The van der Waals surface area contributed by atoms with Gasteiger partial charge >= 0.3 is 6.09 Å². The van der Waals surface area contributed by atoms with E-state index in [-0.39, 0.29) is 0 Å². The number of nitrogens with zero attached hydrogens (tertiary/aromatic N) is 1. The molecule has 0 unspecified atom stereocenters. The monoisotopic (exact) mass is 334 g/mol. The second-order valence-corrected chi connectivity index (χ2v) is 6.15. The summed E-state index contributed by atoms with van der Waals surface area (Å²) in [6.45, 7) is 2.41. The fourth-order valence-electron chi connectivity index (χ4n) is 1.25. The molecule has 0 saturated carbocycles. The van der Waals surface area contributed by atoms with Crippen molar-refractivity contribution in [2.24, 2.45) is 0 Å². The minimum absolute atomic E-state index is 0.416. The van der Waals surface area contributed by atoms with Crippen molar-refractivity contribution in [2.75, 3.05) is 34.8 Å². The molecule has 0 aromatic heterocycles. The molecular weight excluding hydrogens is 312 g/mol. The van der Waals surface area contributed by atoms with Gasteiger partial charge in [-0.1, -0.05) is 6.07 Å². The van der Waals surface area contributed by atoms with Gasteiger partial charge in [0, 0.05) is 12.6 Å². The molecule has 0 aliphatic heterocycles. The molecule has 0 aliphatic rings. The molecule has 0 fully saturated rings. The van der Waals surface area contributed by atoms with E-state index in [0.29, 0.717) is 16.8 Å². The summed E-state index contributed by atoms with van der Waals surface area (Å²) in [4.78, 5) is 11.2. The van der Waals surface area contributed by atoms with Gasteiger partial charge in [0.25, 0.3) is 0 Å². The van der Waals surface area contributed by atoms with E-state index in [4.69, 9.17) is 4.74 Å². The van der Waals surface area contributed by atoms with Crippen LogP contribution in [0.1, 0.15) is 6.92 Å². The van der Waals surface area contributed by atoms with Crippen LogP contribution in [0.25, 0.3) is 0 Å². The Bertz CT molecular complexity index is 580. The van der Waals surface area contributed by atoms with Crippen molar-refractivity contribution in [1.29, 1.82) is 0 Å². The van der Waals surface area contributed by atoms with Crippen LogP contribution in [0.2, 0.25) is 0 Å². The predicted molar refractivity (Wildman–Crippen MR) is 82.4 cm³/mol. The highest BCUT2D eigenvalue weighted by Gasteiger charge is 2.13. The summed E-state index contributed by atoms with van der Waals surface area (Å²) >= 11 is 0. The van der Waals surface area contributed by atoms with Gasteiger partial charge in [-0.2, -0.15) is 0 Å². The highest BCUT2D eigenvalue weighted by Crippen LogP contribution is 2.22. The highest BCUT2D eigenvalue weighted by molar-refractivity contribution is 7.80. The van der Waals surface area contributed by atoms with Crippen LogP contribution >= 0.6 is 0 Å². The average Bonchev–Trinajstić information content (AvgIpc) is 2.38. The van der Waals surface area contributed by atoms with Crippen molar-refractivity contribution in [3.05, 3.63) is 24.3 Å². The maximum Gasteiger partial charge on any atom is 0.412 e. The van der Waals surface area contributed by atoms with Crippen molar-refractivity contribution in [2.45, 2.75) is 6.92 Å². The first-order valence-electron chi connectivity index (χ1n) is 6.38. The van der Waals surface area contributed by atoms with Crippen LogP contribution in [-0.4, -0.2) is 53.9 Å². The number of nitrogens with one attached hydrogen (secondary N) is 1. The zero-order valence-electron chi connectivity index (χ0n) is 13.3. The Morgan fingerprint density at radius 2 is 1.86 bits per heavy atom. The van der Waals surface area contributed by atoms with Gasteiger partial charge in [-0.05, 0) is 19.1 Å². The molecule has 0 spiro atoms. The number of ether oxygens (including phenoxy) is 1. The predicted octanol–water partition coefficient (Wildman–Crippen LogP) is 1.08. The van der Waals surface area contributed by atoms with E-state index in [9.17, 15) is 17.8 Å². The first-order chi connectivity index (χ1) is 9.99. The minimum atomic E-state index is -4.41. The molecule has 0 saturated heterocycles. The van der Waals surface area contributed by atoms with Crippen molar-refractivity contribution < 1.29 is 26.7 Å². The van der Waals surface area contributed by atoms with Gasteiger partial charge in [-0.3, -0.25) is 8.67 Å². The molecule has 8 nitrogen and oxygen atoms in total. The van der Waals surface area contributed by atoms with E-state index in [1.165, 1.54) is 0 Å². The highest BCUT2D eigenvalue weighted by atomic mass is 32.3. The van der Waals surface area contributed by atoms with Crippen LogP contribution in [-0.2, 0) is 14.6 Å². The lowest BCUT2D eigenvalue weighted by molar-refractivity contribution is 0.201. The third-order valence-corrected chi connectivity index (χ3v) is 2.74. The van der Waals surface area contributed by atoms with Gasteiger partial charge in [-0.15, -0.1) is 0 Å². The zero-order chi connectivity index (χ0) is 17.4. The average molecular weight is 334 g/mol. The minimum Gasteiger partial charge on any atom is -0.726 e. The number of carbonyl (C=O) groups is 1. The van der Waals surface area contributed by atoms with Crippen LogP contribution < -0.4 is 14.5 Å². The summed E-state index contributed by atoms with van der Waals surface area (Å²) in [5.41, 5.74) is 1.08. The van der Waals surface area contributed by atoms with Gasteiger partial charge < -0.3 is 14.6 Å². The number of carbonyl (C=O) groups excluding carboxylic acids is 1. The molecule has 0 aliphatic carbocycles. The van der Waals surface area contributed by atoms with E-state index in [1.54, 1.807) is 6.07 Å². The molecule has 1 amide bonds. The molecule has 0 radical (unpaired) electrons. The SMILES string of the molecule is CCNC(=O)Oc1cccc([N+](C)(C)C)c1.COS(=O)(=O)[O-]. The van der Waals surface area contributed by atoms with E-state index in [2.05, 4.69) is 30.6 Å². The summed E-state index contributed by atoms with van der Waals surface area (Å²) in [6.07, 6.45) is -0.416. The number of hydrogen-bond donors (Lipinski definition) is 1. The Kier molecular flexibility index (Phi) is 8.02. The van der Waals surface area contributed by atoms with Gasteiger partial charge in [0.15, 0.2) is 0 Å². The molecule has 1 rings (SSSR count).